The highest BCUT2D eigenvalue weighted by molar-refractivity contribution is 5.38. The molecule has 4 heteroatoms. The molecule has 0 bridgehead atoms. The van der Waals surface area contributed by atoms with Crippen molar-refractivity contribution in [2.75, 3.05) is 11.4 Å². The Hall–Kier alpha value is -1.94. The molecule has 3 rings (SSSR count). The maximum atomic E-state index is 10.4. The lowest BCUT2D eigenvalue weighted by molar-refractivity contribution is 0.158. The third-order valence-electron chi connectivity index (χ3n) is 3.90. The largest absolute Gasteiger partial charge is 0.388 e. The van der Waals surface area contributed by atoms with E-state index in [0.717, 1.165) is 37.2 Å². The molecule has 1 saturated heterocycles. The molecule has 20 heavy (non-hydrogen) atoms. The van der Waals surface area contributed by atoms with Gasteiger partial charge >= 0.3 is 0 Å². The van der Waals surface area contributed by atoms with Crippen molar-refractivity contribution < 1.29 is 5.11 Å². The van der Waals surface area contributed by atoms with Crippen LogP contribution in [0.3, 0.4) is 0 Å². The quantitative estimate of drug-likeness (QED) is 0.926. The first-order chi connectivity index (χ1) is 9.84. The predicted molar refractivity (Wildman–Crippen MR) is 78.4 cm³/mol. The number of aliphatic hydroxyl groups is 1. The third-order valence-corrected chi connectivity index (χ3v) is 3.90. The molecule has 0 aliphatic carbocycles. The molecule has 0 radical (unpaired) electrons. The Labute approximate surface area is 119 Å². The molecule has 1 aromatic heterocycles. The summed E-state index contributed by atoms with van der Waals surface area (Å²) in [4.78, 5) is 10.8. The lowest BCUT2D eigenvalue weighted by Gasteiger charge is -2.27. The predicted octanol–water partition coefficient (Wildman–Crippen LogP) is 2.57. The van der Waals surface area contributed by atoms with Crippen LogP contribution in [0.1, 0.15) is 30.9 Å². The molecule has 0 saturated carbocycles. The van der Waals surface area contributed by atoms with E-state index in [-0.39, 0.29) is 0 Å². The number of rotatable bonds is 4. The SMILES string of the molecule is O[C@@H](C[C@H]1CCCN1c1cnccn1)c1ccccc1. The molecule has 1 aliphatic rings. The van der Waals surface area contributed by atoms with E-state index in [1.54, 1.807) is 18.6 Å². The summed E-state index contributed by atoms with van der Waals surface area (Å²) < 4.78 is 0. The van der Waals surface area contributed by atoms with Gasteiger partial charge in [-0.2, -0.15) is 0 Å². The molecule has 2 aromatic rings. The Bertz CT molecular complexity index is 532. The van der Waals surface area contributed by atoms with Crippen molar-refractivity contribution in [1.29, 1.82) is 0 Å². The zero-order valence-corrected chi connectivity index (χ0v) is 11.4. The summed E-state index contributed by atoms with van der Waals surface area (Å²) in [5, 5.41) is 10.4. The molecular weight excluding hydrogens is 250 g/mol. The van der Waals surface area contributed by atoms with Gasteiger partial charge in [-0.05, 0) is 24.8 Å². The first-order valence-corrected chi connectivity index (χ1v) is 7.10. The molecule has 2 heterocycles. The number of hydrogen-bond acceptors (Lipinski definition) is 4. The second kappa shape index (κ2) is 6.01. The van der Waals surface area contributed by atoms with Gasteiger partial charge in [0, 0.05) is 25.0 Å². The van der Waals surface area contributed by atoms with E-state index < -0.39 is 6.10 Å². The van der Waals surface area contributed by atoms with Crippen molar-refractivity contribution >= 4 is 5.82 Å². The lowest BCUT2D eigenvalue weighted by Crippen LogP contribution is -2.31. The van der Waals surface area contributed by atoms with E-state index in [9.17, 15) is 5.11 Å². The van der Waals surface area contributed by atoms with Gasteiger partial charge in [0.25, 0.3) is 0 Å². The maximum Gasteiger partial charge on any atom is 0.147 e. The Balaban J connectivity index is 1.70. The minimum absolute atomic E-state index is 0.335. The molecule has 1 aliphatic heterocycles. The fourth-order valence-electron chi connectivity index (χ4n) is 2.89. The second-order valence-corrected chi connectivity index (χ2v) is 5.22. The Morgan fingerprint density at radius 1 is 1.25 bits per heavy atom. The van der Waals surface area contributed by atoms with Crippen LogP contribution in [-0.2, 0) is 0 Å². The summed E-state index contributed by atoms with van der Waals surface area (Å²) in [6.07, 6.45) is 7.77. The summed E-state index contributed by atoms with van der Waals surface area (Å²) in [6.45, 7) is 0.991. The highest BCUT2D eigenvalue weighted by Crippen LogP contribution is 2.29. The molecule has 1 aromatic carbocycles. The summed E-state index contributed by atoms with van der Waals surface area (Å²) in [7, 11) is 0. The van der Waals surface area contributed by atoms with Crippen LogP contribution in [-0.4, -0.2) is 27.7 Å². The van der Waals surface area contributed by atoms with Gasteiger partial charge in [0.2, 0.25) is 0 Å². The summed E-state index contributed by atoms with van der Waals surface area (Å²) >= 11 is 0. The summed E-state index contributed by atoms with van der Waals surface area (Å²) in [6, 6.07) is 10.2. The smallest absolute Gasteiger partial charge is 0.147 e. The average molecular weight is 269 g/mol. The Morgan fingerprint density at radius 2 is 2.10 bits per heavy atom. The summed E-state index contributed by atoms with van der Waals surface area (Å²) in [5.41, 5.74) is 0.985. The molecular formula is C16H19N3O. The van der Waals surface area contributed by atoms with E-state index in [1.165, 1.54) is 0 Å². The van der Waals surface area contributed by atoms with E-state index in [0.29, 0.717) is 6.04 Å². The molecule has 0 amide bonds. The van der Waals surface area contributed by atoms with Crippen LogP contribution in [0.25, 0.3) is 0 Å². The van der Waals surface area contributed by atoms with Crippen LogP contribution < -0.4 is 4.90 Å². The Kier molecular flexibility index (Phi) is 3.92. The van der Waals surface area contributed by atoms with Crippen LogP contribution in [0.5, 0.6) is 0 Å². The van der Waals surface area contributed by atoms with Crippen LogP contribution in [0.15, 0.2) is 48.9 Å². The lowest BCUT2D eigenvalue weighted by atomic mass is 10.0. The van der Waals surface area contributed by atoms with Gasteiger partial charge < -0.3 is 10.0 Å². The van der Waals surface area contributed by atoms with E-state index in [2.05, 4.69) is 14.9 Å². The molecule has 104 valence electrons. The molecule has 0 spiro atoms. The van der Waals surface area contributed by atoms with Crippen LogP contribution in [0.4, 0.5) is 5.82 Å². The third kappa shape index (κ3) is 2.80. The van der Waals surface area contributed by atoms with Crippen LogP contribution in [0, 0.1) is 0 Å². The first kappa shape index (κ1) is 13.1. The van der Waals surface area contributed by atoms with Gasteiger partial charge in [-0.1, -0.05) is 30.3 Å². The standard InChI is InChI=1S/C16H19N3O/c20-15(13-5-2-1-3-6-13)11-14-7-4-10-19(14)16-12-17-8-9-18-16/h1-3,5-6,8-9,12,14-15,20H,4,7,10-11H2/t14-,15+/m1/s1. The highest BCUT2D eigenvalue weighted by atomic mass is 16.3. The normalized spacial score (nSPS) is 20.1. The fraction of sp³-hybridized carbons (Fsp3) is 0.375. The topological polar surface area (TPSA) is 49.2 Å². The monoisotopic (exact) mass is 269 g/mol. The number of hydrogen-bond donors (Lipinski definition) is 1. The fourth-order valence-corrected chi connectivity index (χ4v) is 2.89. The minimum Gasteiger partial charge on any atom is -0.388 e. The summed E-state index contributed by atoms with van der Waals surface area (Å²) in [5.74, 6) is 0.912. The van der Waals surface area contributed by atoms with Crippen molar-refractivity contribution in [2.45, 2.75) is 31.4 Å². The number of anilines is 1. The minimum atomic E-state index is -0.418. The van der Waals surface area contributed by atoms with Gasteiger partial charge in [-0.3, -0.25) is 4.98 Å². The zero-order valence-electron chi connectivity index (χ0n) is 11.4. The maximum absolute atomic E-state index is 10.4. The van der Waals surface area contributed by atoms with Gasteiger partial charge in [-0.25, -0.2) is 4.98 Å². The van der Waals surface area contributed by atoms with Crippen molar-refractivity contribution in [3.05, 3.63) is 54.5 Å². The van der Waals surface area contributed by atoms with Crippen molar-refractivity contribution in [3.8, 4) is 0 Å². The Morgan fingerprint density at radius 3 is 2.85 bits per heavy atom. The van der Waals surface area contributed by atoms with Crippen molar-refractivity contribution in [3.63, 3.8) is 0 Å². The first-order valence-electron chi connectivity index (χ1n) is 7.10. The number of aromatic nitrogens is 2. The molecule has 2 atom stereocenters. The van der Waals surface area contributed by atoms with Crippen molar-refractivity contribution in [2.24, 2.45) is 0 Å². The number of nitrogens with zero attached hydrogens (tertiary/aromatic N) is 3. The molecule has 1 fully saturated rings. The van der Waals surface area contributed by atoms with Gasteiger partial charge in [-0.15, -0.1) is 0 Å². The van der Waals surface area contributed by atoms with Gasteiger partial charge in [0.15, 0.2) is 0 Å². The highest BCUT2D eigenvalue weighted by Gasteiger charge is 2.28. The van der Waals surface area contributed by atoms with Gasteiger partial charge in [0.1, 0.15) is 5.82 Å². The van der Waals surface area contributed by atoms with Crippen molar-refractivity contribution in [1.82, 2.24) is 9.97 Å². The average Bonchev–Trinajstić information content (AvgIpc) is 2.97. The van der Waals surface area contributed by atoms with E-state index in [1.807, 2.05) is 30.3 Å². The molecule has 0 unspecified atom stereocenters. The van der Waals surface area contributed by atoms with E-state index in [4.69, 9.17) is 0 Å². The van der Waals surface area contributed by atoms with Crippen LogP contribution >= 0.6 is 0 Å². The molecule has 4 nitrogen and oxygen atoms in total. The number of aliphatic hydroxyl groups excluding tert-OH is 1. The van der Waals surface area contributed by atoms with E-state index >= 15 is 0 Å². The number of benzene rings is 1. The second-order valence-electron chi connectivity index (χ2n) is 5.22. The van der Waals surface area contributed by atoms with Gasteiger partial charge in [0.05, 0.1) is 12.3 Å². The molecule has 1 N–H and O–H groups in total. The van der Waals surface area contributed by atoms with Crippen LogP contribution in [0.2, 0.25) is 0 Å². The zero-order chi connectivity index (χ0) is 13.8.